The molecule has 2 heterocycles. The fourth-order valence-electron chi connectivity index (χ4n) is 2.91. The number of para-hydroxylation sites is 1. The number of nitrogens with zero attached hydrogens (tertiary/aromatic N) is 3. The topological polar surface area (TPSA) is 71.8 Å². The second-order valence-electron chi connectivity index (χ2n) is 5.95. The normalized spacial score (nSPS) is 15.8. The molecule has 0 aliphatic carbocycles. The van der Waals surface area contributed by atoms with E-state index in [-0.39, 0.29) is 34.1 Å². The number of nitrogens with one attached hydrogen (secondary N) is 2. The van der Waals surface area contributed by atoms with Gasteiger partial charge in [0.05, 0.1) is 17.4 Å². The van der Waals surface area contributed by atoms with Gasteiger partial charge in [0.1, 0.15) is 0 Å². The predicted molar refractivity (Wildman–Crippen MR) is 92.2 cm³/mol. The van der Waals surface area contributed by atoms with Crippen molar-refractivity contribution in [2.45, 2.75) is 36.2 Å². The molecule has 1 aromatic heterocycles. The molecular weight excluding hydrogens is 367 g/mol. The number of hydrogen-bond acceptors (Lipinski definition) is 5. The largest absolute Gasteiger partial charge is 0.446 e. The van der Waals surface area contributed by atoms with Crippen molar-refractivity contribution in [3.8, 4) is 0 Å². The van der Waals surface area contributed by atoms with Gasteiger partial charge in [-0.15, -0.1) is 5.10 Å². The molecule has 0 unspecified atom stereocenters. The Labute approximate surface area is 152 Å². The number of benzene rings is 1. The lowest BCUT2D eigenvalue weighted by molar-refractivity contribution is -0.0328. The minimum atomic E-state index is -4.44. The molecule has 2 aromatic rings. The molecule has 0 spiro atoms. The van der Waals surface area contributed by atoms with Crippen LogP contribution < -0.4 is 10.6 Å². The van der Waals surface area contributed by atoms with Crippen molar-refractivity contribution in [2.75, 3.05) is 18.4 Å². The van der Waals surface area contributed by atoms with Crippen LogP contribution in [-0.2, 0) is 0 Å². The van der Waals surface area contributed by atoms with E-state index < -0.39 is 11.4 Å². The van der Waals surface area contributed by atoms with Gasteiger partial charge in [0, 0.05) is 4.90 Å². The first-order valence-corrected chi connectivity index (χ1v) is 8.95. The number of anilines is 1. The highest BCUT2D eigenvalue weighted by molar-refractivity contribution is 8.00. The van der Waals surface area contributed by atoms with E-state index in [1.807, 2.05) is 0 Å². The van der Waals surface area contributed by atoms with Crippen molar-refractivity contribution >= 4 is 23.4 Å². The zero-order valence-corrected chi connectivity index (χ0v) is 14.8. The number of amides is 1. The van der Waals surface area contributed by atoms with Crippen molar-refractivity contribution in [1.29, 1.82) is 0 Å². The fourth-order valence-corrected chi connectivity index (χ4v) is 3.54. The summed E-state index contributed by atoms with van der Waals surface area (Å²) in [5.41, 5.74) is -3.61. The predicted octanol–water partition coefficient (Wildman–Crippen LogP) is 3.38. The fraction of sp³-hybridized carbons (Fsp3) is 0.438. The Balaban J connectivity index is 1.78. The number of alkyl halides is 3. The lowest BCUT2D eigenvalue weighted by Gasteiger charge is -2.23. The first kappa shape index (κ1) is 18.7. The Morgan fingerprint density at radius 2 is 2.00 bits per heavy atom. The Hall–Kier alpha value is -2.07. The van der Waals surface area contributed by atoms with E-state index in [1.54, 1.807) is 17.7 Å². The van der Waals surface area contributed by atoms with Crippen LogP contribution in [0, 0.1) is 6.92 Å². The molecule has 6 nitrogen and oxygen atoms in total. The summed E-state index contributed by atoms with van der Waals surface area (Å²) in [6, 6.07) is 5.96. The Kier molecular flexibility index (Phi) is 5.52. The van der Waals surface area contributed by atoms with Crippen LogP contribution >= 0.6 is 11.8 Å². The third-order valence-corrected chi connectivity index (χ3v) is 4.97. The summed E-state index contributed by atoms with van der Waals surface area (Å²) in [6.07, 6.45) is 1.77. The molecule has 10 heteroatoms. The number of piperidine rings is 1. The molecule has 1 aliphatic heterocycles. The number of carbonyl (C=O) groups is 1. The second-order valence-corrected chi connectivity index (χ2v) is 7.05. The van der Waals surface area contributed by atoms with Gasteiger partial charge in [-0.05, 0) is 56.7 Å². The number of rotatable bonds is 4. The minimum absolute atomic E-state index is 0.0725. The third-order valence-electron chi connectivity index (χ3n) is 4.16. The van der Waals surface area contributed by atoms with Crippen LogP contribution in [0.2, 0.25) is 0 Å². The van der Waals surface area contributed by atoms with Crippen LogP contribution in [0.25, 0.3) is 0 Å². The van der Waals surface area contributed by atoms with Gasteiger partial charge >= 0.3 is 5.51 Å². The maximum atomic E-state index is 12.7. The summed E-state index contributed by atoms with van der Waals surface area (Å²) in [6.45, 7) is 3.48. The van der Waals surface area contributed by atoms with Crippen molar-refractivity contribution in [3.05, 3.63) is 35.7 Å². The van der Waals surface area contributed by atoms with Crippen molar-refractivity contribution in [3.63, 3.8) is 0 Å². The average Bonchev–Trinajstić information content (AvgIpc) is 2.98. The Morgan fingerprint density at radius 3 is 2.69 bits per heavy atom. The molecule has 0 atom stereocenters. The summed E-state index contributed by atoms with van der Waals surface area (Å²) in [4.78, 5) is 12.4. The van der Waals surface area contributed by atoms with Crippen molar-refractivity contribution < 1.29 is 18.0 Å². The van der Waals surface area contributed by atoms with E-state index >= 15 is 0 Å². The maximum Gasteiger partial charge on any atom is 0.446 e. The standard InChI is InChI=1S/C16H18F3N5OS/c1-10-14(22-23-24(10)11-6-8-20-9-7-11)15(25)21-12-4-2-3-5-13(12)26-16(17,18)19/h2-5,11,20H,6-9H2,1H3,(H,21,25). The molecule has 0 radical (unpaired) electrons. The van der Waals surface area contributed by atoms with Gasteiger partial charge < -0.3 is 10.6 Å². The highest BCUT2D eigenvalue weighted by Crippen LogP contribution is 2.40. The van der Waals surface area contributed by atoms with Gasteiger partial charge in [-0.2, -0.15) is 13.2 Å². The lowest BCUT2D eigenvalue weighted by atomic mass is 10.1. The summed E-state index contributed by atoms with van der Waals surface area (Å²) >= 11 is -0.266. The molecular formula is C16H18F3N5OS. The number of thioether (sulfide) groups is 1. The second kappa shape index (κ2) is 7.67. The van der Waals surface area contributed by atoms with Crippen LogP contribution in [0.15, 0.2) is 29.2 Å². The lowest BCUT2D eigenvalue weighted by Crippen LogP contribution is -2.30. The highest BCUT2D eigenvalue weighted by atomic mass is 32.2. The molecule has 1 aliphatic rings. The van der Waals surface area contributed by atoms with Crippen molar-refractivity contribution in [2.24, 2.45) is 0 Å². The van der Waals surface area contributed by atoms with E-state index in [0.29, 0.717) is 5.69 Å². The molecule has 2 N–H and O–H groups in total. The molecule has 26 heavy (non-hydrogen) atoms. The van der Waals surface area contributed by atoms with Crippen LogP contribution in [-0.4, -0.2) is 39.5 Å². The van der Waals surface area contributed by atoms with Gasteiger partial charge in [-0.1, -0.05) is 17.3 Å². The van der Waals surface area contributed by atoms with E-state index in [2.05, 4.69) is 20.9 Å². The summed E-state index contributed by atoms with van der Waals surface area (Å²) in [5.74, 6) is -0.571. The molecule has 140 valence electrons. The van der Waals surface area contributed by atoms with Crippen LogP contribution in [0.4, 0.5) is 18.9 Å². The number of hydrogen-bond donors (Lipinski definition) is 2. The Bertz CT molecular complexity index is 786. The van der Waals surface area contributed by atoms with Crippen LogP contribution in [0.3, 0.4) is 0 Å². The van der Waals surface area contributed by atoms with E-state index in [9.17, 15) is 18.0 Å². The number of halogens is 3. The smallest absolute Gasteiger partial charge is 0.319 e. The monoisotopic (exact) mass is 385 g/mol. The molecule has 3 rings (SSSR count). The first-order chi connectivity index (χ1) is 12.3. The number of aromatic nitrogens is 3. The summed E-state index contributed by atoms with van der Waals surface area (Å²) in [5, 5.41) is 13.8. The minimum Gasteiger partial charge on any atom is -0.319 e. The Morgan fingerprint density at radius 1 is 1.31 bits per heavy atom. The third kappa shape index (κ3) is 4.36. The zero-order chi connectivity index (χ0) is 18.7. The molecule has 0 saturated carbocycles. The summed E-state index contributed by atoms with van der Waals surface area (Å²) < 4.78 is 39.8. The van der Waals surface area contributed by atoms with Crippen LogP contribution in [0.1, 0.15) is 35.1 Å². The first-order valence-electron chi connectivity index (χ1n) is 8.14. The van der Waals surface area contributed by atoms with Gasteiger partial charge in [0.15, 0.2) is 5.69 Å². The van der Waals surface area contributed by atoms with Gasteiger partial charge in [-0.25, -0.2) is 4.68 Å². The van der Waals surface area contributed by atoms with Crippen LogP contribution in [0.5, 0.6) is 0 Å². The molecule has 1 aromatic carbocycles. The zero-order valence-electron chi connectivity index (χ0n) is 14.0. The molecule has 0 bridgehead atoms. The average molecular weight is 385 g/mol. The number of carbonyl (C=O) groups excluding carboxylic acids is 1. The molecule has 1 fully saturated rings. The van der Waals surface area contributed by atoms with Gasteiger partial charge in [-0.3, -0.25) is 4.79 Å². The van der Waals surface area contributed by atoms with E-state index in [1.165, 1.54) is 18.2 Å². The summed E-state index contributed by atoms with van der Waals surface area (Å²) in [7, 11) is 0. The van der Waals surface area contributed by atoms with Gasteiger partial charge in [0.25, 0.3) is 5.91 Å². The quantitative estimate of drug-likeness (QED) is 0.790. The maximum absolute atomic E-state index is 12.7. The highest BCUT2D eigenvalue weighted by Gasteiger charge is 2.31. The molecule has 1 saturated heterocycles. The van der Waals surface area contributed by atoms with E-state index in [0.717, 1.165) is 25.9 Å². The van der Waals surface area contributed by atoms with Gasteiger partial charge in [0.2, 0.25) is 0 Å². The van der Waals surface area contributed by atoms with Crippen molar-refractivity contribution in [1.82, 2.24) is 20.3 Å². The SMILES string of the molecule is Cc1c(C(=O)Nc2ccccc2SC(F)(F)F)nnn1C1CCNCC1. The molecule has 1 amide bonds. The van der Waals surface area contributed by atoms with E-state index in [4.69, 9.17) is 0 Å².